The van der Waals surface area contributed by atoms with Crippen molar-refractivity contribution in [1.82, 2.24) is 9.78 Å². The topological polar surface area (TPSA) is 56.5 Å². The zero-order valence-electron chi connectivity index (χ0n) is 11.6. The molecule has 0 bridgehead atoms. The van der Waals surface area contributed by atoms with Crippen molar-refractivity contribution in [2.75, 3.05) is 14.2 Å². The summed E-state index contributed by atoms with van der Waals surface area (Å²) in [6.45, 7) is 2.64. The van der Waals surface area contributed by atoms with Gasteiger partial charge in [-0.05, 0) is 30.7 Å². The van der Waals surface area contributed by atoms with Crippen molar-refractivity contribution in [3.05, 3.63) is 40.7 Å². The molecule has 1 N–H and O–H groups in total. The molecule has 1 atom stereocenters. The number of halogens is 1. The van der Waals surface area contributed by atoms with Gasteiger partial charge < -0.3 is 14.6 Å². The maximum absolute atomic E-state index is 10.5. The lowest BCUT2D eigenvalue weighted by Crippen LogP contribution is -2.09. The molecule has 0 radical (unpaired) electrons. The molecule has 0 spiro atoms. The van der Waals surface area contributed by atoms with Gasteiger partial charge >= 0.3 is 0 Å². The highest BCUT2D eigenvalue weighted by Crippen LogP contribution is 2.38. The lowest BCUT2D eigenvalue weighted by atomic mass is 10.1. The summed E-state index contributed by atoms with van der Waals surface area (Å²) in [6.07, 6.45) is 0.833. The normalized spacial score (nSPS) is 12.2. The fourth-order valence-electron chi connectivity index (χ4n) is 2.11. The van der Waals surface area contributed by atoms with Gasteiger partial charge in [-0.2, -0.15) is 5.10 Å². The first-order valence-corrected chi connectivity index (χ1v) is 6.61. The van der Waals surface area contributed by atoms with Gasteiger partial charge in [-0.25, -0.2) is 0 Å². The molecule has 0 aliphatic carbocycles. The van der Waals surface area contributed by atoms with Crippen LogP contribution in [0.5, 0.6) is 11.5 Å². The second-order valence-electron chi connectivity index (χ2n) is 4.21. The van der Waals surface area contributed by atoms with Gasteiger partial charge in [-0.1, -0.05) is 11.6 Å². The van der Waals surface area contributed by atoms with Gasteiger partial charge in [-0.3, -0.25) is 4.68 Å². The van der Waals surface area contributed by atoms with Gasteiger partial charge in [0.05, 0.1) is 24.9 Å². The molecule has 1 aromatic heterocycles. The van der Waals surface area contributed by atoms with E-state index in [0.717, 1.165) is 0 Å². The largest absolute Gasteiger partial charge is 0.493 e. The molecule has 2 aromatic rings. The average Bonchev–Trinajstić information content (AvgIpc) is 2.93. The van der Waals surface area contributed by atoms with Crippen LogP contribution in [0, 0.1) is 0 Å². The second kappa shape index (κ2) is 6.15. The van der Waals surface area contributed by atoms with Gasteiger partial charge in [0.1, 0.15) is 6.10 Å². The number of aliphatic hydroxyl groups excluding tert-OH is 1. The Morgan fingerprint density at radius 2 is 2.10 bits per heavy atom. The number of nitrogens with zero attached hydrogens (tertiary/aromatic N) is 2. The number of methoxy groups -OCH3 is 2. The van der Waals surface area contributed by atoms with E-state index in [1.54, 1.807) is 29.1 Å². The number of hydrogen-bond acceptors (Lipinski definition) is 4. The van der Waals surface area contributed by atoms with Gasteiger partial charge in [0.15, 0.2) is 11.5 Å². The fraction of sp³-hybridized carbons (Fsp3) is 0.357. The summed E-state index contributed by atoms with van der Waals surface area (Å²) in [5, 5.41) is 15.0. The van der Waals surface area contributed by atoms with Crippen molar-refractivity contribution >= 4 is 11.6 Å². The minimum Gasteiger partial charge on any atom is -0.493 e. The third-order valence-electron chi connectivity index (χ3n) is 3.10. The van der Waals surface area contributed by atoms with Crippen LogP contribution < -0.4 is 9.47 Å². The molecule has 1 heterocycles. The Labute approximate surface area is 122 Å². The summed E-state index contributed by atoms with van der Waals surface area (Å²) in [6, 6.07) is 5.15. The highest BCUT2D eigenvalue weighted by Gasteiger charge is 2.19. The smallest absolute Gasteiger partial charge is 0.179 e. The summed E-state index contributed by atoms with van der Waals surface area (Å²) >= 11 is 6.15. The van der Waals surface area contributed by atoms with Gasteiger partial charge in [-0.15, -0.1) is 0 Å². The van der Waals surface area contributed by atoms with E-state index in [9.17, 15) is 5.11 Å². The van der Waals surface area contributed by atoms with E-state index in [0.29, 0.717) is 34.3 Å². The van der Waals surface area contributed by atoms with Crippen LogP contribution in [-0.2, 0) is 6.54 Å². The summed E-state index contributed by atoms with van der Waals surface area (Å²) in [5.74, 6) is 0.936. The third kappa shape index (κ3) is 2.59. The van der Waals surface area contributed by atoms with E-state index < -0.39 is 6.10 Å². The molecule has 0 aliphatic rings. The first-order valence-electron chi connectivity index (χ1n) is 6.23. The molecule has 0 fully saturated rings. The molecule has 1 aromatic carbocycles. The van der Waals surface area contributed by atoms with Crippen LogP contribution in [0.2, 0.25) is 5.02 Å². The molecule has 20 heavy (non-hydrogen) atoms. The molecule has 0 aliphatic heterocycles. The lowest BCUT2D eigenvalue weighted by molar-refractivity contribution is 0.207. The highest BCUT2D eigenvalue weighted by atomic mass is 35.5. The van der Waals surface area contributed by atoms with E-state index >= 15 is 0 Å². The van der Waals surface area contributed by atoms with Crippen molar-refractivity contribution in [3.8, 4) is 11.5 Å². The number of benzene rings is 1. The molecule has 2 rings (SSSR count). The molecule has 0 saturated heterocycles. The van der Waals surface area contributed by atoms with E-state index in [2.05, 4.69) is 5.10 Å². The molecule has 0 saturated carbocycles. The van der Waals surface area contributed by atoms with E-state index in [1.165, 1.54) is 14.2 Å². The quantitative estimate of drug-likeness (QED) is 0.921. The number of aryl methyl sites for hydroxylation is 1. The van der Waals surface area contributed by atoms with Gasteiger partial charge in [0, 0.05) is 12.7 Å². The Morgan fingerprint density at radius 3 is 2.70 bits per heavy atom. The summed E-state index contributed by atoms with van der Waals surface area (Å²) in [5.41, 5.74) is 1.33. The van der Waals surface area contributed by atoms with Gasteiger partial charge in [0.2, 0.25) is 0 Å². The van der Waals surface area contributed by atoms with Crippen LogP contribution in [0.15, 0.2) is 24.4 Å². The van der Waals surface area contributed by atoms with Crippen LogP contribution >= 0.6 is 11.6 Å². The van der Waals surface area contributed by atoms with Crippen molar-refractivity contribution in [2.24, 2.45) is 0 Å². The van der Waals surface area contributed by atoms with Crippen LogP contribution in [0.3, 0.4) is 0 Å². The maximum Gasteiger partial charge on any atom is 0.179 e. The molecular weight excluding hydrogens is 280 g/mol. The zero-order valence-corrected chi connectivity index (χ0v) is 12.4. The van der Waals surface area contributed by atoms with Crippen molar-refractivity contribution in [3.63, 3.8) is 0 Å². The SMILES string of the molecule is CCn1nccc1C(O)c1cc(Cl)c(OC)c(OC)c1. The van der Waals surface area contributed by atoms with E-state index in [-0.39, 0.29) is 0 Å². The molecule has 108 valence electrons. The Hall–Kier alpha value is -1.72. The molecule has 1 unspecified atom stereocenters. The van der Waals surface area contributed by atoms with Crippen LogP contribution in [0.25, 0.3) is 0 Å². The first kappa shape index (κ1) is 14.7. The third-order valence-corrected chi connectivity index (χ3v) is 3.38. The molecule has 6 heteroatoms. The predicted octanol–water partition coefficient (Wildman–Crippen LogP) is 2.66. The fourth-order valence-corrected chi connectivity index (χ4v) is 2.40. The number of aromatic nitrogens is 2. The standard InChI is InChI=1S/C14H17ClN2O3/c1-4-17-11(5-6-16-17)13(18)9-7-10(15)14(20-3)12(8-9)19-2/h5-8,13,18H,4H2,1-3H3. The maximum atomic E-state index is 10.5. The van der Waals surface area contributed by atoms with Crippen molar-refractivity contribution < 1.29 is 14.6 Å². The second-order valence-corrected chi connectivity index (χ2v) is 4.62. The first-order chi connectivity index (χ1) is 9.62. The van der Waals surface area contributed by atoms with E-state index in [4.69, 9.17) is 21.1 Å². The highest BCUT2D eigenvalue weighted by molar-refractivity contribution is 6.32. The van der Waals surface area contributed by atoms with Crippen LogP contribution in [0.4, 0.5) is 0 Å². The monoisotopic (exact) mass is 296 g/mol. The lowest BCUT2D eigenvalue weighted by Gasteiger charge is -2.16. The summed E-state index contributed by atoms with van der Waals surface area (Å²) in [4.78, 5) is 0. The average molecular weight is 297 g/mol. The number of hydrogen-bond donors (Lipinski definition) is 1. The number of rotatable bonds is 5. The minimum absolute atomic E-state index is 0.392. The van der Waals surface area contributed by atoms with Crippen molar-refractivity contribution in [1.29, 1.82) is 0 Å². The van der Waals surface area contributed by atoms with Crippen molar-refractivity contribution in [2.45, 2.75) is 19.6 Å². The minimum atomic E-state index is -0.824. The van der Waals surface area contributed by atoms with E-state index in [1.807, 2.05) is 6.92 Å². The molecule has 0 amide bonds. The van der Waals surface area contributed by atoms with Crippen LogP contribution in [0.1, 0.15) is 24.3 Å². The Balaban J connectivity index is 2.45. The zero-order chi connectivity index (χ0) is 14.7. The Bertz CT molecular complexity index is 598. The Kier molecular flexibility index (Phi) is 4.52. The molecule has 5 nitrogen and oxygen atoms in total. The number of aliphatic hydroxyl groups is 1. The number of ether oxygens (including phenoxy) is 2. The molecular formula is C14H17ClN2O3. The summed E-state index contributed by atoms with van der Waals surface area (Å²) in [7, 11) is 3.05. The predicted molar refractivity (Wildman–Crippen MR) is 76.5 cm³/mol. The van der Waals surface area contributed by atoms with Crippen LogP contribution in [-0.4, -0.2) is 29.1 Å². The van der Waals surface area contributed by atoms with Gasteiger partial charge in [0.25, 0.3) is 0 Å². The summed E-state index contributed by atoms with van der Waals surface area (Å²) < 4.78 is 12.2. The Morgan fingerprint density at radius 1 is 1.35 bits per heavy atom.